The fourth-order valence-electron chi connectivity index (χ4n) is 0. The second-order valence-corrected chi connectivity index (χ2v) is 1.22. The van der Waals surface area contributed by atoms with Gasteiger partial charge in [-0.1, -0.05) is 0 Å². The topological polar surface area (TPSA) is 54.4 Å². The monoisotopic (exact) mass is 175 g/mol. The van der Waals surface area contributed by atoms with Gasteiger partial charge >= 0.3 is 0 Å². The Kier molecular flexibility index (Phi) is 18.4. The van der Waals surface area contributed by atoms with Crippen LogP contribution in [0, 0.1) is 6.92 Å². The van der Waals surface area contributed by atoms with Crippen molar-refractivity contribution in [2.75, 3.05) is 0 Å². The van der Waals surface area contributed by atoms with Gasteiger partial charge in [-0.3, -0.25) is 4.79 Å². The van der Waals surface area contributed by atoms with Gasteiger partial charge in [-0.25, -0.2) is 0 Å². The molecular formula is C5H9NiO3-. The molecule has 0 aliphatic heterocycles. The molecule has 0 saturated carbocycles. The summed E-state index contributed by atoms with van der Waals surface area (Å²) < 4.78 is 0. The molecule has 58 valence electrons. The Hall–Kier alpha value is -0.496. The molecule has 0 amide bonds. The van der Waals surface area contributed by atoms with Gasteiger partial charge in [-0.05, 0) is 12.7 Å². The molecule has 0 rings (SSSR count). The first-order valence-electron chi connectivity index (χ1n) is 1.99. The van der Waals surface area contributed by atoms with E-state index in [1.54, 1.807) is 0 Å². The number of Topliss-reactive ketones (excluding diaryl/α,β-unsaturated/α-hetero) is 1. The molecule has 0 spiro atoms. The number of carboxylic acid groups (broad SMARTS) is 1. The summed E-state index contributed by atoms with van der Waals surface area (Å²) in [6.45, 7) is 5.50. The van der Waals surface area contributed by atoms with E-state index >= 15 is 0 Å². The van der Waals surface area contributed by atoms with Gasteiger partial charge in [0, 0.05) is 23.4 Å². The van der Waals surface area contributed by atoms with Crippen LogP contribution >= 0.6 is 0 Å². The van der Waals surface area contributed by atoms with Crippen molar-refractivity contribution >= 4 is 11.8 Å². The quantitative estimate of drug-likeness (QED) is 0.431. The maximum atomic E-state index is 9.33. The summed E-state index contributed by atoms with van der Waals surface area (Å²) in [5.74, 6) is -0.917. The number of rotatable bonds is 0. The molecule has 4 heteroatoms. The van der Waals surface area contributed by atoms with Gasteiger partial charge in [0.1, 0.15) is 0 Å². The van der Waals surface area contributed by atoms with Crippen molar-refractivity contribution < 1.29 is 31.2 Å². The first-order valence-corrected chi connectivity index (χ1v) is 1.99. The van der Waals surface area contributed by atoms with Gasteiger partial charge in [0.2, 0.25) is 0 Å². The van der Waals surface area contributed by atoms with Crippen LogP contribution in [0.1, 0.15) is 13.8 Å². The van der Waals surface area contributed by atoms with E-state index in [0.717, 1.165) is 6.92 Å². The van der Waals surface area contributed by atoms with Gasteiger partial charge in [-0.2, -0.15) is 0 Å². The van der Waals surface area contributed by atoms with E-state index < -0.39 is 5.97 Å². The van der Waals surface area contributed by atoms with Gasteiger partial charge in [0.15, 0.2) is 0 Å². The van der Waals surface area contributed by atoms with E-state index in [4.69, 9.17) is 9.90 Å². The maximum absolute atomic E-state index is 9.33. The van der Waals surface area contributed by atoms with E-state index in [-0.39, 0.29) is 22.3 Å². The summed E-state index contributed by atoms with van der Waals surface area (Å²) in [6.07, 6.45) is 0. The van der Waals surface area contributed by atoms with Crippen molar-refractivity contribution in [3.05, 3.63) is 6.92 Å². The van der Waals surface area contributed by atoms with Gasteiger partial charge in [0.05, 0.1) is 0 Å². The molecule has 0 aliphatic carbocycles. The minimum absolute atomic E-state index is 0. The van der Waals surface area contributed by atoms with Crippen molar-refractivity contribution in [2.24, 2.45) is 0 Å². The summed E-state index contributed by atoms with van der Waals surface area (Å²) in [6, 6.07) is 0. The van der Waals surface area contributed by atoms with Crippen LogP contribution in [0.3, 0.4) is 0 Å². The molecular weight excluding hydrogens is 167 g/mol. The third kappa shape index (κ3) is 922. The number of ketones is 1. The minimum atomic E-state index is -0.833. The number of aliphatic carboxylic acids is 1. The molecule has 0 heterocycles. The van der Waals surface area contributed by atoms with Gasteiger partial charge < -0.3 is 16.8 Å². The van der Waals surface area contributed by atoms with Crippen molar-refractivity contribution in [1.29, 1.82) is 0 Å². The second kappa shape index (κ2) is 10.5. The standard InChI is InChI=1S/C3H5O.C2H4O2.Ni/c1-3(2)4;1-2(3)4;/h1H2,2H3;1H3,(H,3,4);/q-1;;. The van der Waals surface area contributed by atoms with Crippen LogP contribution in [0.25, 0.3) is 0 Å². The molecule has 9 heavy (non-hydrogen) atoms. The Morgan fingerprint density at radius 1 is 1.33 bits per heavy atom. The van der Waals surface area contributed by atoms with Crippen LogP contribution in [-0.4, -0.2) is 16.9 Å². The SMILES string of the molecule is CC(=O)O.[CH2-]C(C)=O.[Ni]. The molecule has 0 saturated heterocycles. The first-order chi connectivity index (χ1) is 3.46. The summed E-state index contributed by atoms with van der Waals surface area (Å²) in [7, 11) is 0. The van der Waals surface area contributed by atoms with E-state index in [0.29, 0.717) is 0 Å². The van der Waals surface area contributed by atoms with E-state index in [9.17, 15) is 4.79 Å². The molecule has 3 nitrogen and oxygen atoms in total. The minimum Gasteiger partial charge on any atom is -0.481 e. The zero-order valence-electron chi connectivity index (χ0n) is 5.29. The molecule has 0 aromatic heterocycles. The van der Waals surface area contributed by atoms with Crippen LogP contribution in [0.15, 0.2) is 0 Å². The van der Waals surface area contributed by atoms with Crippen LogP contribution in [0.4, 0.5) is 0 Å². The summed E-state index contributed by atoms with van der Waals surface area (Å²) in [5, 5.41) is 7.42. The zero-order chi connectivity index (χ0) is 7.15. The number of carbonyl (C=O) groups excluding carboxylic acids is 1. The van der Waals surface area contributed by atoms with Crippen LogP contribution in [0.5, 0.6) is 0 Å². The largest absolute Gasteiger partial charge is 0.481 e. The van der Waals surface area contributed by atoms with E-state index in [2.05, 4.69) is 6.92 Å². The maximum Gasteiger partial charge on any atom is 0.300 e. The van der Waals surface area contributed by atoms with Crippen molar-refractivity contribution in [2.45, 2.75) is 13.8 Å². The Bertz CT molecular complexity index is 70.2. The predicted molar refractivity (Wildman–Crippen MR) is 29.3 cm³/mol. The van der Waals surface area contributed by atoms with E-state index in [1.165, 1.54) is 6.92 Å². The van der Waals surface area contributed by atoms with Gasteiger partial charge in [0.25, 0.3) is 5.97 Å². The smallest absolute Gasteiger partial charge is 0.300 e. The first kappa shape index (κ1) is 15.8. The third-order valence-electron chi connectivity index (χ3n) is 0. The van der Waals surface area contributed by atoms with Crippen LogP contribution < -0.4 is 0 Å². The molecule has 0 unspecified atom stereocenters. The average Bonchev–Trinajstić information content (AvgIpc) is 1.25. The Morgan fingerprint density at radius 3 is 1.33 bits per heavy atom. The molecule has 0 atom stereocenters. The van der Waals surface area contributed by atoms with Crippen LogP contribution in [-0.2, 0) is 26.1 Å². The molecule has 0 aliphatic rings. The molecule has 0 bridgehead atoms. The summed E-state index contributed by atoms with van der Waals surface area (Å²) in [4.78, 5) is 18.3. The number of hydrogen-bond donors (Lipinski definition) is 1. The molecule has 0 aromatic rings. The van der Waals surface area contributed by atoms with Crippen molar-refractivity contribution in [3.8, 4) is 0 Å². The second-order valence-electron chi connectivity index (χ2n) is 1.22. The predicted octanol–water partition coefficient (Wildman–Crippen LogP) is 0.498. The Labute approximate surface area is 64.4 Å². The number of hydrogen-bond acceptors (Lipinski definition) is 2. The van der Waals surface area contributed by atoms with Gasteiger partial charge in [-0.15, -0.1) is 0 Å². The van der Waals surface area contributed by atoms with Crippen molar-refractivity contribution in [3.63, 3.8) is 0 Å². The molecule has 0 radical (unpaired) electrons. The molecule has 0 fully saturated rings. The fourth-order valence-corrected chi connectivity index (χ4v) is 0. The number of carbonyl (C=O) groups is 2. The summed E-state index contributed by atoms with van der Waals surface area (Å²) in [5.41, 5.74) is 0. The third-order valence-corrected chi connectivity index (χ3v) is 0. The molecule has 1 N–H and O–H groups in total. The molecule has 0 aromatic carbocycles. The fraction of sp³-hybridized carbons (Fsp3) is 0.400. The normalized spacial score (nSPS) is 5.56. The van der Waals surface area contributed by atoms with Crippen molar-refractivity contribution in [1.82, 2.24) is 0 Å². The van der Waals surface area contributed by atoms with E-state index in [1.807, 2.05) is 0 Å². The Morgan fingerprint density at radius 2 is 1.33 bits per heavy atom. The Balaban J connectivity index is -0.0000000720. The average molecular weight is 176 g/mol. The zero-order valence-corrected chi connectivity index (χ0v) is 6.27. The number of carboxylic acids is 1. The summed E-state index contributed by atoms with van der Waals surface area (Å²) >= 11 is 0. The van der Waals surface area contributed by atoms with Crippen LogP contribution in [0.2, 0.25) is 0 Å².